The van der Waals surface area contributed by atoms with Crippen LogP contribution < -0.4 is 0 Å². The molecule has 1 saturated carbocycles. The third-order valence-electron chi connectivity index (χ3n) is 4.43. The number of likely N-dealkylation sites (tertiary alicyclic amines) is 1. The van der Waals surface area contributed by atoms with Gasteiger partial charge in [-0.3, -0.25) is 4.99 Å². The van der Waals surface area contributed by atoms with Crippen LogP contribution in [0.1, 0.15) is 72.6 Å². The highest BCUT2D eigenvalue weighted by Gasteiger charge is 2.38. The van der Waals surface area contributed by atoms with Gasteiger partial charge in [0.05, 0.1) is 0 Å². The van der Waals surface area contributed by atoms with Crippen LogP contribution in [0, 0.1) is 5.92 Å². The molecule has 1 saturated heterocycles. The molecule has 2 rings (SSSR count). The van der Waals surface area contributed by atoms with E-state index in [0.717, 1.165) is 12.0 Å². The van der Waals surface area contributed by atoms with Gasteiger partial charge in [0.15, 0.2) is 0 Å². The summed E-state index contributed by atoms with van der Waals surface area (Å²) in [4.78, 5) is 7.56. The second-order valence-corrected chi connectivity index (χ2v) is 6.66. The van der Waals surface area contributed by atoms with E-state index in [1.165, 1.54) is 50.8 Å². The summed E-state index contributed by atoms with van der Waals surface area (Å²) in [6, 6.07) is 1.82. The molecule has 0 bridgehead atoms. The summed E-state index contributed by atoms with van der Waals surface area (Å²) < 4.78 is 0. The predicted molar refractivity (Wildman–Crippen MR) is 79.1 cm³/mol. The first-order valence-corrected chi connectivity index (χ1v) is 7.94. The van der Waals surface area contributed by atoms with E-state index in [0.29, 0.717) is 12.1 Å². The predicted octanol–water partition coefficient (Wildman–Crippen LogP) is 4.25. The van der Waals surface area contributed by atoms with Crippen molar-refractivity contribution in [3.8, 4) is 0 Å². The Balaban J connectivity index is 2.18. The molecule has 0 amide bonds. The zero-order chi connectivity index (χ0) is 13.1. The second-order valence-electron chi connectivity index (χ2n) is 6.66. The minimum Gasteiger partial charge on any atom is -0.355 e. The number of nitrogens with zero attached hydrogens (tertiary/aromatic N) is 2. The Hall–Kier alpha value is -0.530. The third-order valence-corrected chi connectivity index (χ3v) is 4.43. The van der Waals surface area contributed by atoms with Gasteiger partial charge < -0.3 is 4.90 Å². The molecule has 1 heterocycles. The highest BCUT2D eigenvalue weighted by atomic mass is 15.3. The van der Waals surface area contributed by atoms with Crippen LogP contribution in [-0.4, -0.2) is 28.9 Å². The Morgan fingerprint density at radius 3 is 2.28 bits per heavy atom. The van der Waals surface area contributed by atoms with Gasteiger partial charge in [-0.25, -0.2) is 0 Å². The summed E-state index contributed by atoms with van der Waals surface area (Å²) in [7, 11) is 0. The number of fused-ring (bicyclic) bond motifs is 1. The van der Waals surface area contributed by atoms with Crippen molar-refractivity contribution in [3.05, 3.63) is 0 Å². The van der Waals surface area contributed by atoms with Crippen molar-refractivity contribution < 1.29 is 0 Å². The zero-order valence-electron chi connectivity index (χ0n) is 12.7. The van der Waals surface area contributed by atoms with Gasteiger partial charge in [-0.05, 0) is 46.5 Å². The second kappa shape index (κ2) is 6.08. The molecule has 0 aromatic rings. The molecular weight excluding hydrogens is 220 g/mol. The Bertz CT molecular complexity index is 293. The number of rotatable bonds is 2. The van der Waals surface area contributed by atoms with E-state index in [4.69, 9.17) is 4.99 Å². The molecule has 2 unspecified atom stereocenters. The first kappa shape index (κ1) is 13.9. The van der Waals surface area contributed by atoms with Gasteiger partial charge >= 0.3 is 0 Å². The summed E-state index contributed by atoms with van der Waals surface area (Å²) in [6.45, 7) is 9.06. The van der Waals surface area contributed by atoms with Gasteiger partial charge in [0.25, 0.3) is 0 Å². The molecule has 2 heteroatoms. The van der Waals surface area contributed by atoms with Gasteiger partial charge in [0.1, 0.15) is 5.84 Å². The Kier molecular flexibility index (Phi) is 4.69. The smallest absolute Gasteiger partial charge is 0.100 e. The van der Waals surface area contributed by atoms with Crippen LogP contribution in [0.5, 0.6) is 0 Å². The fraction of sp³-hybridized carbons (Fsp3) is 0.938. The largest absolute Gasteiger partial charge is 0.355 e. The lowest BCUT2D eigenvalue weighted by Crippen LogP contribution is -2.41. The van der Waals surface area contributed by atoms with Crippen LogP contribution in [0.4, 0.5) is 0 Å². The zero-order valence-corrected chi connectivity index (χ0v) is 12.7. The van der Waals surface area contributed by atoms with Crippen LogP contribution >= 0.6 is 0 Å². The normalized spacial score (nSPS) is 31.9. The van der Waals surface area contributed by atoms with Gasteiger partial charge in [-0.2, -0.15) is 0 Å². The minimum atomic E-state index is 0.436. The quantitative estimate of drug-likeness (QED) is 0.715. The summed E-state index contributed by atoms with van der Waals surface area (Å²) in [5.74, 6) is 2.28. The molecule has 0 radical (unpaired) electrons. The van der Waals surface area contributed by atoms with Crippen molar-refractivity contribution in [2.75, 3.05) is 0 Å². The van der Waals surface area contributed by atoms with Crippen LogP contribution in [0.2, 0.25) is 0 Å². The minimum absolute atomic E-state index is 0.436. The Morgan fingerprint density at radius 2 is 1.67 bits per heavy atom. The summed E-state index contributed by atoms with van der Waals surface area (Å²) in [6.07, 6.45) is 9.78. The molecule has 2 aliphatic rings. The van der Waals surface area contributed by atoms with E-state index in [1.807, 2.05) is 0 Å². The third kappa shape index (κ3) is 3.07. The molecule has 104 valence electrons. The summed E-state index contributed by atoms with van der Waals surface area (Å²) >= 11 is 0. The average Bonchev–Trinajstić information content (AvgIpc) is 2.55. The van der Waals surface area contributed by atoms with E-state index in [-0.39, 0.29) is 0 Å². The average molecular weight is 250 g/mol. The van der Waals surface area contributed by atoms with Gasteiger partial charge in [-0.15, -0.1) is 0 Å². The molecule has 1 aliphatic carbocycles. The highest BCUT2D eigenvalue weighted by molar-refractivity contribution is 5.85. The number of aliphatic imine (C=N–C) groups is 1. The number of amidine groups is 1. The van der Waals surface area contributed by atoms with E-state index >= 15 is 0 Å². The Labute approximate surface area is 113 Å². The monoisotopic (exact) mass is 250 g/mol. The lowest BCUT2D eigenvalue weighted by Gasteiger charge is -2.34. The van der Waals surface area contributed by atoms with Crippen LogP contribution in [-0.2, 0) is 0 Å². The first-order chi connectivity index (χ1) is 8.59. The van der Waals surface area contributed by atoms with Crippen molar-refractivity contribution in [1.82, 2.24) is 4.90 Å². The van der Waals surface area contributed by atoms with E-state index in [9.17, 15) is 0 Å². The summed E-state index contributed by atoms with van der Waals surface area (Å²) in [5.41, 5.74) is 0. The van der Waals surface area contributed by atoms with Gasteiger partial charge in [0.2, 0.25) is 0 Å². The number of hydrogen-bond donors (Lipinski definition) is 0. The maximum atomic E-state index is 4.91. The van der Waals surface area contributed by atoms with Crippen LogP contribution in [0.3, 0.4) is 0 Å². The van der Waals surface area contributed by atoms with Crippen LogP contribution in [0.15, 0.2) is 4.99 Å². The molecule has 2 nitrogen and oxygen atoms in total. The molecule has 18 heavy (non-hydrogen) atoms. The maximum absolute atomic E-state index is 4.91. The molecule has 2 atom stereocenters. The Morgan fingerprint density at radius 1 is 1.00 bits per heavy atom. The van der Waals surface area contributed by atoms with Crippen molar-refractivity contribution in [2.45, 2.75) is 90.8 Å². The lowest BCUT2D eigenvalue weighted by molar-refractivity contribution is 0.202. The lowest BCUT2D eigenvalue weighted by atomic mass is 9.87. The van der Waals surface area contributed by atoms with E-state index in [1.54, 1.807) is 0 Å². The van der Waals surface area contributed by atoms with Crippen molar-refractivity contribution >= 4 is 5.84 Å². The molecular formula is C16H30N2. The topological polar surface area (TPSA) is 15.6 Å². The molecule has 2 fully saturated rings. The number of hydrogen-bond acceptors (Lipinski definition) is 1. The highest BCUT2D eigenvalue weighted by Crippen LogP contribution is 2.37. The van der Waals surface area contributed by atoms with Gasteiger partial charge in [0, 0.05) is 24.5 Å². The molecule has 0 spiro atoms. The van der Waals surface area contributed by atoms with Crippen molar-refractivity contribution in [2.24, 2.45) is 10.9 Å². The molecule has 0 aromatic carbocycles. The van der Waals surface area contributed by atoms with Crippen molar-refractivity contribution in [1.29, 1.82) is 0 Å². The summed E-state index contributed by atoms with van der Waals surface area (Å²) in [5, 5.41) is 0. The van der Waals surface area contributed by atoms with Crippen LogP contribution in [0.25, 0.3) is 0 Å². The van der Waals surface area contributed by atoms with Crippen molar-refractivity contribution in [3.63, 3.8) is 0 Å². The first-order valence-electron chi connectivity index (χ1n) is 7.94. The fourth-order valence-electron chi connectivity index (χ4n) is 3.78. The standard InChI is InChI=1S/C16H30N2/c1-12(2)17-16-11-14-9-7-5-6-8-10-15(14)18(16)13(3)4/h12-15H,5-11H2,1-4H3/b17-16-. The molecule has 1 aliphatic heterocycles. The fourth-order valence-corrected chi connectivity index (χ4v) is 3.78. The SMILES string of the molecule is CC(C)/N=C1/CC2CCCCCCC2N1C(C)C. The van der Waals surface area contributed by atoms with E-state index < -0.39 is 0 Å². The molecule has 0 N–H and O–H groups in total. The maximum Gasteiger partial charge on any atom is 0.100 e. The molecule has 0 aromatic heterocycles. The van der Waals surface area contributed by atoms with Gasteiger partial charge in [-0.1, -0.05) is 25.7 Å². The van der Waals surface area contributed by atoms with E-state index in [2.05, 4.69) is 32.6 Å².